The lowest BCUT2D eigenvalue weighted by atomic mass is 9.81. The fourth-order valence-corrected chi connectivity index (χ4v) is 3.28. The van der Waals surface area contributed by atoms with Gasteiger partial charge in [-0.25, -0.2) is 15.0 Å². The summed E-state index contributed by atoms with van der Waals surface area (Å²) in [4.78, 5) is 16.1. The molecule has 22 heavy (non-hydrogen) atoms. The number of nitrogens with one attached hydrogen (secondary N) is 1. The average molecular weight is 316 g/mol. The number of halogens is 1. The van der Waals surface area contributed by atoms with E-state index in [0.29, 0.717) is 17.4 Å². The van der Waals surface area contributed by atoms with Crippen LogP contribution in [0.3, 0.4) is 0 Å². The molecule has 1 unspecified atom stereocenters. The normalized spacial score (nSPS) is 17.0. The third-order valence-electron chi connectivity index (χ3n) is 4.28. The Morgan fingerprint density at radius 3 is 3.00 bits per heavy atom. The van der Waals surface area contributed by atoms with Crippen LogP contribution in [0.15, 0.2) is 30.6 Å². The standard InChI is InChI=1S/C16H17N5.ClH/c17-15-14-16(19-9-18-14)21-13(20-15)8-11-6-3-5-10-4-1-2-7-12(10)11;/h1-2,4,7,9,11H,3,5-6,8H2,(H3,17,18,19,20,21);1H. The van der Waals surface area contributed by atoms with Crippen LogP contribution in [0.25, 0.3) is 11.2 Å². The Hall–Kier alpha value is -2.14. The molecular weight excluding hydrogens is 298 g/mol. The second-order valence-corrected chi connectivity index (χ2v) is 5.62. The molecule has 0 spiro atoms. The first kappa shape index (κ1) is 14.8. The highest BCUT2D eigenvalue weighted by molar-refractivity contribution is 5.85. The molecule has 114 valence electrons. The predicted octanol–water partition coefficient (Wildman–Crippen LogP) is 3.02. The van der Waals surface area contributed by atoms with E-state index in [4.69, 9.17) is 5.73 Å². The molecule has 0 bridgehead atoms. The van der Waals surface area contributed by atoms with Crippen molar-refractivity contribution in [3.8, 4) is 0 Å². The molecule has 6 heteroatoms. The number of rotatable bonds is 2. The number of fused-ring (bicyclic) bond motifs is 2. The number of nitrogen functional groups attached to an aromatic ring is 1. The van der Waals surface area contributed by atoms with Gasteiger partial charge in [-0.05, 0) is 36.3 Å². The third-order valence-corrected chi connectivity index (χ3v) is 4.28. The van der Waals surface area contributed by atoms with E-state index in [2.05, 4.69) is 44.2 Å². The van der Waals surface area contributed by atoms with Gasteiger partial charge in [-0.1, -0.05) is 24.3 Å². The number of anilines is 1. The molecule has 1 aliphatic carbocycles. The Morgan fingerprint density at radius 2 is 2.09 bits per heavy atom. The molecule has 5 nitrogen and oxygen atoms in total. The van der Waals surface area contributed by atoms with Gasteiger partial charge in [0.1, 0.15) is 11.3 Å². The molecule has 1 aliphatic rings. The fraction of sp³-hybridized carbons (Fsp3) is 0.312. The lowest BCUT2D eigenvalue weighted by Gasteiger charge is -2.24. The van der Waals surface area contributed by atoms with Crippen molar-refractivity contribution in [3.63, 3.8) is 0 Å². The highest BCUT2D eigenvalue weighted by atomic mass is 35.5. The molecule has 2 heterocycles. The summed E-state index contributed by atoms with van der Waals surface area (Å²) >= 11 is 0. The van der Waals surface area contributed by atoms with Crippen molar-refractivity contribution >= 4 is 29.4 Å². The number of aromatic nitrogens is 4. The van der Waals surface area contributed by atoms with Gasteiger partial charge in [0.2, 0.25) is 0 Å². The maximum atomic E-state index is 5.98. The van der Waals surface area contributed by atoms with Gasteiger partial charge in [-0.2, -0.15) is 0 Å². The summed E-state index contributed by atoms with van der Waals surface area (Å²) < 4.78 is 0. The van der Waals surface area contributed by atoms with Crippen molar-refractivity contribution in [2.75, 3.05) is 5.73 Å². The third kappa shape index (κ3) is 2.52. The van der Waals surface area contributed by atoms with Crippen LogP contribution in [0, 0.1) is 0 Å². The molecule has 4 rings (SSSR count). The van der Waals surface area contributed by atoms with Crippen molar-refractivity contribution in [2.24, 2.45) is 0 Å². The predicted molar refractivity (Wildman–Crippen MR) is 89.2 cm³/mol. The topological polar surface area (TPSA) is 80.5 Å². The van der Waals surface area contributed by atoms with Crippen LogP contribution in [0.5, 0.6) is 0 Å². The van der Waals surface area contributed by atoms with Gasteiger partial charge in [0, 0.05) is 6.42 Å². The zero-order valence-electron chi connectivity index (χ0n) is 12.1. The molecule has 3 N–H and O–H groups in total. The maximum absolute atomic E-state index is 5.98. The van der Waals surface area contributed by atoms with Gasteiger partial charge in [-0.3, -0.25) is 0 Å². The number of aryl methyl sites for hydroxylation is 1. The zero-order valence-corrected chi connectivity index (χ0v) is 12.9. The van der Waals surface area contributed by atoms with Crippen molar-refractivity contribution < 1.29 is 0 Å². The van der Waals surface area contributed by atoms with E-state index in [1.807, 2.05) is 0 Å². The minimum atomic E-state index is 0. The van der Waals surface area contributed by atoms with E-state index in [9.17, 15) is 0 Å². The Bertz CT molecular complexity index is 798. The summed E-state index contributed by atoms with van der Waals surface area (Å²) in [5.74, 6) is 1.75. The molecule has 1 aromatic carbocycles. The Morgan fingerprint density at radius 1 is 1.23 bits per heavy atom. The van der Waals surface area contributed by atoms with E-state index in [1.165, 1.54) is 30.4 Å². The number of aromatic amines is 1. The second kappa shape index (κ2) is 5.93. The minimum Gasteiger partial charge on any atom is -0.382 e. The largest absolute Gasteiger partial charge is 0.382 e. The van der Waals surface area contributed by atoms with Crippen LogP contribution in [0.1, 0.15) is 35.7 Å². The van der Waals surface area contributed by atoms with Crippen molar-refractivity contribution in [1.82, 2.24) is 19.9 Å². The number of nitrogens with two attached hydrogens (primary N) is 1. The number of H-pyrrole nitrogens is 1. The van der Waals surface area contributed by atoms with Crippen LogP contribution in [0.4, 0.5) is 5.82 Å². The van der Waals surface area contributed by atoms with E-state index < -0.39 is 0 Å². The maximum Gasteiger partial charge on any atom is 0.183 e. The van der Waals surface area contributed by atoms with E-state index >= 15 is 0 Å². The molecule has 0 saturated heterocycles. The highest BCUT2D eigenvalue weighted by Gasteiger charge is 2.21. The summed E-state index contributed by atoms with van der Waals surface area (Å²) in [6, 6.07) is 8.69. The quantitative estimate of drug-likeness (QED) is 0.761. The number of imidazole rings is 1. The van der Waals surface area contributed by atoms with Gasteiger partial charge in [0.25, 0.3) is 0 Å². The first-order valence-corrected chi connectivity index (χ1v) is 7.34. The number of nitrogens with zero attached hydrogens (tertiary/aromatic N) is 3. The lowest BCUT2D eigenvalue weighted by molar-refractivity contribution is 0.540. The minimum absolute atomic E-state index is 0. The number of hydrogen-bond acceptors (Lipinski definition) is 4. The molecule has 0 amide bonds. The zero-order chi connectivity index (χ0) is 14.2. The molecule has 2 aromatic heterocycles. The van der Waals surface area contributed by atoms with E-state index in [0.717, 1.165) is 17.8 Å². The second-order valence-electron chi connectivity index (χ2n) is 5.62. The Labute approximate surface area is 134 Å². The summed E-state index contributed by atoms with van der Waals surface area (Å²) in [5.41, 5.74) is 10.3. The Balaban J connectivity index is 0.00000144. The summed E-state index contributed by atoms with van der Waals surface area (Å²) in [7, 11) is 0. The number of benzene rings is 1. The van der Waals surface area contributed by atoms with Crippen LogP contribution in [-0.2, 0) is 12.8 Å². The highest BCUT2D eigenvalue weighted by Crippen LogP contribution is 2.33. The van der Waals surface area contributed by atoms with Gasteiger partial charge in [0.05, 0.1) is 6.33 Å². The average Bonchev–Trinajstić information content (AvgIpc) is 2.97. The monoisotopic (exact) mass is 315 g/mol. The van der Waals surface area contributed by atoms with Crippen molar-refractivity contribution in [2.45, 2.75) is 31.6 Å². The van der Waals surface area contributed by atoms with Crippen LogP contribution >= 0.6 is 12.4 Å². The van der Waals surface area contributed by atoms with Gasteiger partial charge < -0.3 is 10.7 Å². The summed E-state index contributed by atoms with van der Waals surface area (Å²) in [5, 5.41) is 0. The summed E-state index contributed by atoms with van der Waals surface area (Å²) in [6.07, 6.45) is 6.01. The van der Waals surface area contributed by atoms with Crippen LogP contribution in [0.2, 0.25) is 0 Å². The Kier molecular flexibility index (Phi) is 3.98. The summed E-state index contributed by atoms with van der Waals surface area (Å²) in [6.45, 7) is 0. The smallest absolute Gasteiger partial charge is 0.183 e. The SMILES string of the molecule is Cl.Nc1nc(CC2CCCc3ccccc32)nc2nc[nH]c12. The molecule has 0 saturated carbocycles. The van der Waals surface area contributed by atoms with Crippen LogP contribution < -0.4 is 5.73 Å². The molecule has 0 radical (unpaired) electrons. The first-order chi connectivity index (χ1) is 10.3. The molecule has 0 fully saturated rings. The molecule has 1 atom stereocenters. The van der Waals surface area contributed by atoms with Crippen molar-refractivity contribution in [3.05, 3.63) is 47.5 Å². The van der Waals surface area contributed by atoms with Gasteiger partial charge >= 0.3 is 0 Å². The van der Waals surface area contributed by atoms with E-state index in [1.54, 1.807) is 6.33 Å². The first-order valence-electron chi connectivity index (χ1n) is 7.34. The molecule has 3 aromatic rings. The van der Waals surface area contributed by atoms with E-state index in [-0.39, 0.29) is 12.4 Å². The number of hydrogen-bond donors (Lipinski definition) is 2. The van der Waals surface area contributed by atoms with Crippen molar-refractivity contribution in [1.29, 1.82) is 0 Å². The lowest BCUT2D eigenvalue weighted by Crippen LogP contribution is -2.14. The molecular formula is C16H18ClN5. The van der Waals surface area contributed by atoms with Gasteiger partial charge in [-0.15, -0.1) is 12.4 Å². The molecule has 0 aliphatic heterocycles. The fourth-order valence-electron chi connectivity index (χ4n) is 3.28. The van der Waals surface area contributed by atoms with Crippen LogP contribution in [-0.4, -0.2) is 19.9 Å². The van der Waals surface area contributed by atoms with Gasteiger partial charge in [0.15, 0.2) is 11.5 Å².